The molecule has 8 nitrogen and oxygen atoms in total. The maximum Gasteiger partial charge on any atom is 0.211 e. The summed E-state index contributed by atoms with van der Waals surface area (Å²) in [6.45, 7) is 3.69. The van der Waals surface area contributed by atoms with Crippen LogP contribution in [0.5, 0.6) is 0 Å². The van der Waals surface area contributed by atoms with Crippen LogP contribution in [0.15, 0.2) is 47.7 Å². The SMILES string of the molecule is CCS(=O)(=O)NCCNC(=NC)NCc1ccccc1Cn1cccn1. The van der Waals surface area contributed by atoms with Crippen molar-refractivity contribution in [3.63, 3.8) is 0 Å². The van der Waals surface area contributed by atoms with Gasteiger partial charge in [0.1, 0.15) is 0 Å². The summed E-state index contributed by atoms with van der Waals surface area (Å²) < 4.78 is 27.2. The van der Waals surface area contributed by atoms with Crippen LogP contribution in [0, 0.1) is 0 Å². The van der Waals surface area contributed by atoms with Gasteiger partial charge in [-0.15, -0.1) is 0 Å². The molecule has 0 aliphatic rings. The molecule has 0 spiro atoms. The standard InChI is InChI=1S/C17H26N6O2S/c1-3-26(24,25)22-11-10-19-17(18-2)20-13-15-7-4-5-8-16(15)14-23-12-6-9-21-23/h4-9,12,22H,3,10-11,13-14H2,1-2H3,(H2,18,19,20). The Balaban J connectivity index is 1.85. The lowest BCUT2D eigenvalue weighted by Gasteiger charge is -2.14. The second-order valence-electron chi connectivity index (χ2n) is 5.62. The summed E-state index contributed by atoms with van der Waals surface area (Å²) >= 11 is 0. The highest BCUT2D eigenvalue weighted by Crippen LogP contribution is 2.10. The molecule has 3 N–H and O–H groups in total. The molecule has 0 amide bonds. The zero-order valence-electron chi connectivity index (χ0n) is 15.1. The minimum absolute atomic E-state index is 0.0764. The quantitative estimate of drug-likeness (QED) is 0.336. The zero-order valence-corrected chi connectivity index (χ0v) is 16.0. The van der Waals surface area contributed by atoms with Crippen molar-refractivity contribution in [2.24, 2.45) is 4.99 Å². The van der Waals surface area contributed by atoms with Crippen molar-refractivity contribution in [1.82, 2.24) is 25.1 Å². The van der Waals surface area contributed by atoms with E-state index in [0.29, 0.717) is 32.1 Å². The second-order valence-corrected chi connectivity index (χ2v) is 7.72. The molecule has 1 aromatic heterocycles. The molecule has 0 aliphatic heterocycles. The van der Waals surface area contributed by atoms with Crippen molar-refractivity contribution in [2.75, 3.05) is 25.9 Å². The van der Waals surface area contributed by atoms with Gasteiger partial charge < -0.3 is 10.6 Å². The molecule has 0 atom stereocenters. The van der Waals surface area contributed by atoms with E-state index in [1.165, 1.54) is 5.56 Å². The number of benzene rings is 1. The van der Waals surface area contributed by atoms with Crippen molar-refractivity contribution < 1.29 is 8.42 Å². The Kier molecular flexibility index (Phi) is 7.61. The Labute approximate surface area is 154 Å². The van der Waals surface area contributed by atoms with E-state index in [9.17, 15) is 8.42 Å². The number of rotatable bonds is 9. The summed E-state index contributed by atoms with van der Waals surface area (Å²) in [5.41, 5.74) is 2.33. The first-order chi connectivity index (χ1) is 12.5. The number of nitrogens with one attached hydrogen (secondary N) is 3. The topological polar surface area (TPSA) is 100 Å². The summed E-state index contributed by atoms with van der Waals surface area (Å²) in [5.74, 6) is 0.696. The maximum atomic E-state index is 11.4. The van der Waals surface area contributed by atoms with Gasteiger partial charge >= 0.3 is 0 Å². The third kappa shape index (κ3) is 6.49. The summed E-state index contributed by atoms with van der Waals surface area (Å²) in [6, 6.07) is 10.1. The van der Waals surface area contributed by atoms with E-state index in [1.807, 2.05) is 29.1 Å². The summed E-state index contributed by atoms with van der Waals surface area (Å²) in [6.07, 6.45) is 3.70. The predicted octanol–water partition coefficient (Wildman–Crippen LogP) is 0.536. The molecule has 0 aliphatic carbocycles. The van der Waals surface area contributed by atoms with Crippen LogP contribution in [0.25, 0.3) is 0 Å². The van der Waals surface area contributed by atoms with Crippen LogP contribution in [0.2, 0.25) is 0 Å². The molecule has 2 rings (SSSR count). The lowest BCUT2D eigenvalue weighted by Crippen LogP contribution is -2.41. The van der Waals surface area contributed by atoms with E-state index >= 15 is 0 Å². The fourth-order valence-corrected chi connectivity index (χ4v) is 2.96. The Bertz CT molecular complexity index is 802. The van der Waals surface area contributed by atoms with Crippen LogP contribution in [-0.2, 0) is 23.1 Å². The summed E-state index contributed by atoms with van der Waals surface area (Å²) in [7, 11) is -1.49. The zero-order chi connectivity index (χ0) is 18.8. The highest BCUT2D eigenvalue weighted by molar-refractivity contribution is 7.89. The molecule has 0 saturated carbocycles. The molecule has 0 saturated heterocycles. The average molecular weight is 379 g/mol. The fourth-order valence-electron chi connectivity index (χ4n) is 2.34. The molecular formula is C17H26N6O2S. The van der Waals surface area contributed by atoms with E-state index in [1.54, 1.807) is 20.2 Å². The number of aromatic nitrogens is 2. The van der Waals surface area contributed by atoms with Gasteiger partial charge in [0.25, 0.3) is 0 Å². The van der Waals surface area contributed by atoms with Crippen molar-refractivity contribution in [2.45, 2.75) is 20.0 Å². The van der Waals surface area contributed by atoms with Gasteiger partial charge in [0, 0.05) is 39.1 Å². The molecule has 1 aromatic carbocycles. The van der Waals surface area contributed by atoms with Crippen LogP contribution in [0.1, 0.15) is 18.1 Å². The Morgan fingerprint density at radius 3 is 2.58 bits per heavy atom. The van der Waals surface area contributed by atoms with Gasteiger partial charge in [0.15, 0.2) is 5.96 Å². The number of nitrogens with zero attached hydrogens (tertiary/aromatic N) is 3. The number of hydrogen-bond acceptors (Lipinski definition) is 4. The average Bonchev–Trinajstić information content (AvgIpc) is 3.15. The third-order valence-electron chi connectivity index (χ3n) is 3.80. The van der Waals surface area contributed by atoms with Crippen molar-refractivity contribution in [1.29, 1.82) is 0 Å². The van der Waals surface area contributed by atoms with Gasteiger partial charge in [-0.2, -0.15) is 5.10 Å². The van der Waals surface area contributed by atoms with E-state index < -0.39 is 10.0 Å². The predicted molar refractivity (Wildman–Crippen MR) is 103 cm³/mol. The van der Waals surface area contributed by atoms with E-state index in [0.717, 1.165) is 5.56 Å². The van der Waals surface area contributed by atoms with Crippen LogP contribution in [0.4, 0.5) is 0 Å². The lowest BCUT2D eigenvalue weighted by molar-refractivity contribution is 0.582. The first-order valence-corrected chi connectivity index (χ1v) is 10.2. The Morgan fingerprint density at radius 1 is 1.15 bits per heavy atom. The van der Waals surface area contributed by atoms with Gasteiger partial charge in [0.2, 0.25) is 10.0 Å². The van der Waals surface area contributed by atoms with Crippen LogP contribution < -0.4 is 15.4 Å². The molecule has 0 unspecified atom stereocenters. The van der Waals surface area contributed by atoms with Crippen molar-refractivity contribution in [3.8, 4) is 0 Å². The largest absolute Gasteiger partial charge is 0.355 e. The summed E-state index contributed by atoms with van der Waals surface area (Å²) in [5, 5.41) is 10.6. The summed E-state index contributed by atoms with van der Waals surface area (Å²) in [4.78, 5) is 4.16. The van der Waals surface area contributed by atoms with Crippen molar-refractivity contribution >= 4 is 16.0 Å². The number of guanidine groups is 1. The maximum absolute atomic E-state index is 11.4. The van der Waals surface area contributed by atoms with Gasteiger partial charge in [-0.25, -0.2) is 13.1 Å². The van der Waals surface area contributed by atoms with Gasteiger partial charge in [-0.1, -0.05) is 24.3 Å². The monoisotopic (exact) mass is 378 g/mol. The molecule has 0 radical (unpaired) electrons. The highest BCUT2D eigenvalue weighted by atomic mass is 32.2. The normalized spacial score (nSPS) is 12.2. The lowest BCUT2D eigenvalue weighted by atomic mass is 10.1. The molecule has 142 valence electrons. The molecule has 1 heterocycles. The number of sulfonamides is 1. The van der Waals surface area contributed by atoms with Crippen LogP contribution in [-0.4, -0.2) is 50.0 Å². The van der Waals surface area contributed by atoms with Gasteiger partial charge in [0.05, 0.1) is 12.3 Å². The van der Waals surface area contributed by atoms with Crippen LogP contribution in [0.3, 0.4) is 0 Å². The minimum Gasteiger partial charge on any atom is -0.355 e. The van der Waals surface area contributed by atoms with Gasteiger partial charge in [-0.3, -0.25) is 9.67 Å². The molecule has 26 heavy (non-hydrogen) atoms. The van der Waals surface area contributed by atoms with Gasteiger partial charge in [-0.05, 0) is 24.1 Å². The fraction of sp³-hybridized carbons (Fsp3) is 0.412. The first-order valence-electron chi connectivity index (χ1n) is 8.50. The first kappa shape index (κ1) is 19.9. The highest BCUT2D eigenvalue weighted by Gasteiger charge is 2.06. The third-order valence-corrected chi connectivity index (χ3v) is 5.20. The van der Waals surface area contributed by atoms with E-state index in [2.05, 4.69) is 37.6 Å². The minimum atomic E-state index is -3.17. The van der Waals surface area contributed by atoms with Crippen molar-refractivity contribution in [3.05, 3.63) is 53.9 Å². The molecule has 0 bridgehead atoms. The molecule has 2 aromatic rings. The number of hydrogen-bond donors (Lipinski definition) is 3. The molecule has 9 heteroatoms. The van der Waals surface area contributed by atoms with Crippen LogP contribution >= 0.6 is 0 Å². The number of aliphatic imine (C=N–C) groups is 1. The second kappa shape index (κ2) is 9.93. The molecular weight excluding hydrogens is 352 g/mol. The Hall–Kier alpha value is -2.39. The van der Waals surface area contributed by atoms with E-state index in [-0.39, 0.29) is 5.75 Å². The van der Waals surface area contributed by atoms with E-state index in [4.69, 9.17) is 0 Å². The molecule has 0 fully saturated rings. The smallest absolute Gasteiger partial charge is 0.211 e. The Morgan fingerprint density at radius 2 is 1.92 bits per heavy atom.